The van der Waals surface area contributed by atoms with Gasteiger partial charge in [-0.05, 0) is 31.5 Å². The Bertz CT molecular complexity index is 387. The molecule has 0 atom stereocenters. The van der Waals surface area contributed by atoms with Gasteiger partial charge in [-0.25, -0.2) is 0 Å². The molecule has 0 fully saturated rings. The summed E-state index contributed by atoms with van der Waals surface area (Å²) in [5.74, 6) is 0. The van der Waals surface area contributed by atoms with Crippen LogP contribution in [0.25, 0.3) is 0 Å². The summed E-state index contributed by atoms with van der Waals surface area (Å²) in [5, 5.41) is 18.4. The van der Waals surface area contributed by atoms with E-state index in [0.29, 0.717) is 17.0 Å². The Kier molecular flexibility index (Phi) is 5.10. The molecular weight excluding hydrogens is 224 g/mol. The smallest absolute Gasteiger partial charge is 0.101 e. The molecule has 1 aromatic rings. The second-order valence-electron chi connectivity index (χ2n) is 3.43. The van der Waals surface area contributed by atoms with Crippen molar-refractivity contribution in [2.45, 2.75) is 13.3 Å². The van der Waals surface area contributed by atoms with Gasteiger partial charge < -0.3 is 10.0 Å². The summed E-state index contributed by atoms with van der Waals surface area (Å²) in [7, 11) is 0. The lowest BCUT2D eigenvalue weighted by atomic mass is 10.1. The maximum atomic E-state index is 9.03. The van der Waals surface area contributed by atoms with Gasteiger partial charge in [0.15, 0.2) is 0 Å². The molecule has 86 valence electrons. The molecule has 1 N–H and O–H groups in total. The van der Waals surface area contributed by atoms with Crippen molar-refractivity contribution in [3.63, 3.8) is 0 Å². The first-order chi connectivity index (χ1) is 7.72. The molecule has 0 saturated heterocycles. The number of nitriles is 1. The van der Waals surface area contributed by atoms with Crippen molar-refractivity contribution in [2.75, 3.05) is 24.6 Å². The van der Waals surface area contributed by atoms with Gasteiger partial charge in [0.1, 0.15) is 6.07 Å². The van der Waals surface area contributed by atoms with Gasteiger partial charge in [0.05, 0.1) is 11.3 Å². The van der Waals surface area contributed by atoms with Crippen LogP contribution in [0.15, 0.2) is 18.2 Å². The molecule has 0 aromatic heterocycles. The van der Waals surface area contributed by atoms with Crippen LogP contribution in [0.4, 0.5) is 5.69 Å². The molecule has 4 heteroatoms. The molecule has 1 rings (SSSR count). The topological polar surface area (TPSA) is 47.3 Å². The monoisotopic (exact) mass is 238 g/mol. The second kappa shape index (κ2) is 6.37. The zero-order valence-electron chi connectivity index (χ0n) is 9.28. The van der Waals surface area contributed by atoms with Crippen molar-refractivity contribution >= 4 is 17.3 Å². The number of rotatable bonds is 5. The van der Waals surface area contributed by atoms with Crippen LogP contribution >= 0.6 is 11.6 Å². The minimum absolute atomic E-state index is 0.159. The lowest BCUT2D eigenvalue weighted by Crippen LogP contribution is -2.25. The van der Waals surface area contributed by atoms with Crippen molar-refractivity contribution in [1.29, 1.82) is 5.26 Å². The van der Waals surface area contributed by atoms with Gasteiger partial charge in [-0.2, -0.15) is 5.26 Å². The average molecular weight is 239 g/mol. The lowest BCUT2D eigenvalue weighted by Gasteiger charge is -2.23. The van der Waals surface area contributed by atoms with Crippen molar-refractivity contribution in [1.82, 2.24) is 0 Å². The fraction of sp³-hybridized carbons (Fsp3) is 0.417. The molecule has 0 aliphatic carbocycles. The Balaban J connectivity index is 2.96. The van der Waals surface area contributed by atoms with Crippen LogP contribution in [0.5, 0.6) is 0 Å². The molecule has 0 amide bonds. The van der Waals surface area contributed by atoms with E-state index in [9.17, 15) is 0 Å². The summed E-state index contributed by atoms with van der Waals surface area (Å²) in [6.07, 6.45) is 0.696. The summed E-state index contributed by atoms with van der Waals surface area (Å²) in [6, 6.07) is 7.43. The van der Waals surface area contributed by atoms with E-state index in [1.165, 1.54) is 0 Å². The first kappa shape index (κ1) is 12.8. The second-order valence-corrected chi connectivity index (χ2v) is 3.87. The fourth-order valence-electron chi connectivity index (χ4n) is 1.58. The van der Waals surface area contributed by atoms with Crippen molar-refractivity contribution in [3.8, 4) is 6.07 Å². The van der Waals surface area contributed by atoms with Gasteiger partial charge in [0.25, 0.3) is 0 Å². The lowest BCUT2D eigenvalue weighted by molar-refractivity contribution is 0.289. The highest BCUT2D eigenvalue weighted by Crippen LogP contribution is 2.23. The van der Waals surface area contributed by atoms with E-state index in [0.717, 1.165) is 18.8 Å². The van der Waals surface area contributed by atoms with Crippen LogP contribution in [-0.4, -0.2) is 24.8 Å². The Morgan fingerprint density at radius 1 is 1.50 bits per heavy atom. The van der Waals surface area contributed by atoms with E-state index in [1.807, 2.05) is 13.0 Å². The van der Waals surface area contributed by atoms with Crippen LogP contribution in [0.2, 0.25) is 5.02 Å². The summed E-state index contributed by atoms with van der Waals surface area (Å²) >= 11 is 5.84. The molecular formula is C12H15ClN2O. The first-order valence-electron chi connectivity index (χ1n) is 5.28. The normalized spacial score (nSPS) is 9.88. The number of anilines is 1. The maximum absolute atomic E-state index is 9.03. The predicted octanol–water partition coefficient (Wildman–Crippen LogP) is 2.42. The zero-order chi connectivity index (χ0) is 12.0. The van der Waals surface area contributed by atoms with Gasteiger partial charge in [-0.15, -0.1) is 0 Å². The van der Waals surface area contributed by atoms with Crippen molar-refractivity contribution < 1.29 is 5.11 Å². The number of halogens is 1. The van der Waals surface area contributed by atoms with Crippen LogP contribution in [-0.2, 0) is 0 Å². The molecule has 0 aliphatic rings. The Labute approximate surface area is 101 Å². The number of benzene rings is 1. The van der Waals surface area contributed by atoms with Gasteiger partial charge in [0, 0.05) is 24.7 Å². The highest BCUT2D eigenvalue weighted by Gasteiger charge is 2.09. The average Bonchev–Trinajstić information content (AvgIpc) is 2.31. The summed E-state index contributed by atoms with van der Waals surface area (Å²) in [4.78, 5) is 2.06. The number of hydrogen-bond acceptors (Lipinski definition) is 3. The van der Waals surface area contributed by atoms with E-state index in [-0.39, 0.29) is 6.61 Å². The number of aliphatic hydroxyl groups is 1. The summed E-state index contributed by atoms with van der Waals surface area (Å²) < 4.78 is 0. The molecule has 1 aromatic carbocycles. The Hall–Kier alpha value is -1.24. The highest BCUT2D eigenvalue weighted by atomic mass is 35.5. The molecule has 0 aliphatic heterocycles. The van der Waals surface area contributed by atoms with E-state index in [4.69, 9.17) is 22.0 Å². The third kappa shape index (κ3) is 3.13. The van der Waals surface area contributed by atoms with E-state index < -0.39 is 0 Å². The van der Waals surface area contributed by atoms with Crippen LogP contribution in [0.1, 0.15) is 18.9 Å². The first-order valence-corrected chi connectivity index (χ1v) is 5.66. The van der Waals surface area contributed by atoms with E-state index in [2.05, 4.69) is 11.0 Å². The molecule has 3 nitrogen and oxygen atoms in total. The van der Waals surface area contributed by atoms with Gasteiger partial charge in [0.2, 0.25) is 0 Å². The maximum Gasteiger partial charge on any atom is 0.101 e. The fourth-order valence-corrected chi connectivity index (χ4v) is 1.76. The molecule has 0 saturated carbocycles. The minimum Gasteiger partial charge on any atom is -0.396 e. The van der Waals surface area contributed by atoms with Crippen molar-refractivity contribution in [2.24, 2.45) is 0 Å². The Morgan fingerprint density at radius 2 is 2.25 bits per heavy atom. The number of nitrogens with zero attached hydrogens (tertiary/aromatic N) is 2. The highest BCUT2D eigenvalue weighted by molar-refractivity contribution is 6.30. The summed E-state index contributed by atoms with van der Waals surface area (Å²) in [6.45, 7) is 3.72. The third-order valence-electron chi connectivity index (χ3n) is 2.39. The number of aliphatic hydroxyl groups excluding tert-OH is 1. The molecule has 0 bridgehead atoms. The summed E-state index contributed by atoms with van der Waals surface area (Å²) in [5.41, 5.74) is 1.45. The zero-order valence-corrected chi connectivity index (χ0v) is 10.0. The molecule has 16 heavy (non-hydrogen) atoms. The largest absolute Gasteiger partial charge is 0.396 e. The van der Waals surface area contributed by atoms with Crippen LogP contribution in [0, 0.1) is 11.3 Å². The molecule has 0 heterocycles. The quantitative estimate of drug-likeness (QED) is 0.857. The number of hydrogen-bond donors (Lipinski definition) is 1. The van der Waals surface area contributed by atoms with Crippen LogP contribution < -0.4 is 4.90 Å². The van der Waals surface area contributed by atoms with Gasteiger partial charge in [-0.1, -0.05) is 11.6 Å². The molecule has 0 spiro atoms. The van der Waals surface area contributed by atoms with E-state index >= 15 is 0 Å². The predicted molar refractivity (Wildman–Crippen MR) is 65.8 cm³/mol. The third-order valence-corrected chi connectivity index (χ3v) is 2.62. The van der Waals surface area contributed by atoms with Gasteiger partial charge >= 0.3 is 0 Å². The standard InChI is InChI=1S/C12H15ClN2O/c1-2-15(6-3-7-16)12-5-4-11(13)8-10(12)9-14/h4-5,8,16H,2-3,6-7H2,1H3. The van der Waals surface area contributed by atoms with Crippen LogP contribution in [0.3, 0.4) is 0 Å². The van der Waals surface area contributed by atoms with E-state index in [1.54, 1.807) is 12.1 Å². The van der Waals surface area contributed by atoms with Gasteiger partial charge in [-0.3, -0.25) is 0 Å². The SMILES string of the molecule is CCN(CCCO)c1ccc(Cl)cc1C#N. The van der Waals surface area contributed by atoms with Crippen molar-refractivity contribution in [3.05, 3.63) is 28.8 Å². The molecule has 0 unspecified atom stereocenters. The minimum atomic E-state index is 0.159. The molecule has 0 radical (unpaired) electrons. The Morgan fingerprint density at radius 3 is 2.81 bits per heavy atom.